The van der Waals surface area contributed by atoms with Crippen LogP contribution in [0.5, 0.6) is 0 Å². The monoisotopic (exact) mass is 176 g/mol. The number of nitrogens with zero attached hydrogens (tertiary/aromatic N) is 3. The highest BCUT2D eigenvalue weighted by atomic mass is 16.1. The number of hydrogen-bond acceptors (Lipinski definition) is 4. The summed E-state index contributed by atoms with van der Waals surface area (Å²) in [7, 11) is 0. The summed E-state index contributed by atoms with van der Waals surface area (Å²) in [6, 6.07) is 1.63. The third-order valence-electron chi connectivity index (χ3n) is 1.73. The molecule has 0 fully saturated rings. The minimum Gasteiger partial charge on any atom is -0.324 e. The van der Waals surface area contributed by atoms with Crippen LogP contribution in [0.4, 0.5) is 0 Å². The molecule has 0 aromatic carbocycles. The number of imidazole rings is 1. The van der Waals surface area contributed by atoms with Crippen molar-refractivity contribution < 1.29 is 4.79 Å². The van der Waals surface area contributed by atoms with E-state index < -0.39 is 0 Å². The van der Waals surface area contributed by atoms with Gasteiger partial charge in [0.2, 0.25) is 5.78 Å². The third kappa shape index (κ3) is 1.29. The second-order valence-corrected chi connectivity index (χ2v) is 2.57. The third-order valence-corrected chi connectivity index (χ3v) is 1.73. The van der Waals surface area contributed by atoms with Gasteiger partial charge in [0.25, 0.3) is 0 Å². The van der Waals surface area contributed by atoms with Crippen molar-refractivity contribution in [2.75, 3.05) is 6.54 Å². The smallest absolute Gasteiger partial charge is 0.234 e. The van der Waals surface area contributed by atoms with Gasteiger partial charge in [-0.3, -0.25) is 9.20 Å². The highest BCUT2D eigenvalue weighted by Crippen LogP contribution is 2.00. The van der Waals surface area contributed by atoms with Gasteiger partial charge in [0.1, 0.15) is 5.69 Å². The van der Waals surface area contributed by atoms with Crippen LogP contribution in [0.1, 0.15) is 10.5 Å². The van der Waals surface area contributed by atoms with E-state index in [1.165, 1.54) is 0 Å². The molecule has 13 heavy (non-hydrogen) atoms. The molecule has 0 atom stereocenters. The second kappa shape index (κ2) is 2.95. The van der Waals surface area contributed by atoms with Crippen molar-refractivity contribution in [1.29, 1.82) is 0 Å². The van der Waals surface area contributed by atoms with Gasteiger partial charge in [-0.2, -0.15) is 0 Å². The highest BCUT2D eigenvalue weighted by Gasteiger charge is 2.05. The lowest BCUT2D eigenvalue weighted by atomic mass is 10.3. The first-order valence-corrected chi connectivity index (χ1v) is 3.84. The largest absolute Gasteiger partial charge is 0.324 e. The van der Waals surface area contributed by atoms with Gasteiger partial charge in [-0.25, -0.2) is 9.97 Å². The fourth-order valence-corrected chi connectivity index (χ4v) is 1.06. The van der Waals surface area contributed by atoms with Crippen LogP contribution in [0.25, 0.3) is 5.78 Å². The van der Waals surface area contributed by atoms with E-state index in [-0.39, 0.29) is 12.3 Å². The average molecular weight is 176 g/mol. The Morgan fingerprint density at radius 2 is 2.38 bits per heavy atom. The van der Waals surface area contributed by atoms with Crippen molar-refractivity contribution in [2.24, 2.45) is 5.73 Å². The summed E-state index contributed by atoms with van der Waals surface area (Å²) in [5, 5.41) is 0. The molecule has 2 heterocycles. The summed E-state index contributed by atoms with van der Waals surface area (Å²) in [6.45, 7) is -0.0239. The first-order valence-electron chi connectivity index (χ1n) is 3.84. The molecule has 0 bridgehead atoms. The van der Waals surface area contributed by atoms with Crippen LogP contribution in [0, 0.1) is 0 Å². The molecule has 5 heteroatoms. The van der Waals surface area contributed by atoms with E-state index in [4.69, 9.17) is 5.73 Å². The van der Waals surface area contributed by atoms with E-state index in [0.717, 1.165) is 0 Å². The molecule has 2 N–H and O–H groups in total. The zero-order valence-electron chi connectivity index (χ0n) is 6.84. The number of ketones is 1. The molecule has 0 aliphatic carbocycles. The van der Waals surface area contributed by atoms with Crippen LogP contribution in [-0.4, -0.2) is 26.7 Å². The Balaban J connectivity index is 2.54. The first kappa shape index (κ1) is 7.88. The van der Waals surface area contributed by atoms with Crippen molar-refractivity contribution in [3.05, 3.63) is 30.4 Å². The Morgan fingerprint density at radius 3 is 3.15 bits per heavy atom. The molecule has 0 aliphatic heterocycles. The van der Waals surface area contributed by atoms with Gasteiger partial charge >= 0.3 is 0 Å². The van der Waals surface area contributed by atoms with Gasteiger partial charge < -0.3 is 5.73 Å². The van der Waals surface area contributed by atoms with Gasteiger partial charge in [0, 0.05) is 18.6 Å². The molecule has 0 spiro atoms. The Bertz CT molecular complexity index is 448. The maximum absolute atomic E-state index is 11.2. The van der Waals surface area contributed by atoms with E-state index in [1.807, 2.05) is 0 Å². The number of rotatable bonds is 2. The highest BCUT2D eigenvalue weighted by molar-refractivity contribution is 5.95. The van der Waals surface area contributed by atoms with Gasteiger partial charge in [-0.15, -0.1) is 0 Å². The van der Waals surface area contributed by atoms with E-state index >= 15 is 0 Å². The maximum atomic E-state index is 11.2. The fourth-order valence-electron chi connectivity index (χ4n) is 1.06. The number of carbonyl (C=O) groups is 1. The molecule has 2 aromatic rings. The fraction of sp³-hybridized carbons (Fsp3) is 0.125. The lowest BCUT2D eigenvalue weighted by molar-refractivity contribution is 0.0997. The minimum absolute atomic E-state index is 0.0239. The van der Waals surface area contributed by atoms with E-state index in [1.54, 1.807) is 29.1 Å². The summed E-state index contributed by atoms with van der Waals surface area (Å²) in [6.07, 6.45) is 5.12. The lowest BCUT2D eigenvalue weighted by Gasteiger charge is -1.96. The van der Waals surface area contributed by atoms with Crippen LogP contribution in [0.15, 0.2) is 24.7 Å². The van der Waals surface area contributed by atoms with Crippen LogP contribution in [0.2, 0.25) is 0 Å². The molecule has 0 amide bonds. The SMILES string of the molecule is NCC(=O)c1ccn2ccnc2n1. The van der Waals surface area contributed by atoms with Gasteiger partial charge in [-0.05, 0) is 6.07 Å². The Hall–Kier alpha value is -1.75. The van der Waals surface area contributed by atoms with Crippen molar-refractivity contribution in [3.8, 4) is 0 Å². The molecule has 2 rings (SSSR count). The Morgan fingerprint density at radius 1 is 1.54 bits per heavy atom. The molecule has 0 saturated carbocycles. The lowest BCUT2D eigenvalue weighted by Crippen LogP contribution is -2.15. The van der Waals surface area contributed by atoms with E-state index in [2.05, 4.69) is 9.97 Å². The van der Waals surface area contributed by atoms with E-state index in [9.17, 15) is 4.79 Å². The number of Topliss-reactive ketones (excluding diaryl/α,β-unsaturated/α-hetero) is 1. The molecule has 0 radical (unpaired) electrons. The Labute approximate surface area is 74.2 Å². The zero-order valence-corrected chi connectivity index (χ0v) is 6.84. The quantitative estimate of drug-likeness (QED) is 0.647. The van der Waals surface area contributed by atoms with Crippen LogP contribution < -0.4 is 5.73 Å². The van der Waals surface area contributed by atoms with Gasteiger partial charge in [0.05, 0.1) is 6.54 Å². The Kier molecular flexibility index (Phi) is 1.79. The molecule has 5 nitrogen and oxygen atoms in total. The molecule has 66 valence electrons. The second-order valence-electron chi connectivity index (χ2n) is 2.57. The normalized spacial score (nSPS) is 10.5. The number of fused-ring (bicyclic) bond motifs is 1. The maximum Gasteiger partial charge on any atom is 0.234 e. The van der Waals surface area contributed by atoms with Crippen LogP contribution in [-0.2, 0) is 0 Å². The van der Waals surface area contributed by atoms with Gasteiger partial charge in [-0.1, -0.05) is 0 Å². The molecular weight excluding hydrogens is 168 g/mol. The summed E-state index contributed by atoms with van der Waals surface area (Å²) in [4.78, 5) is 19.1. The van der Waals surface area contributed by atoms with Crippen molar-refractivity contribution in [2.45, 2.75) is 0 Å². The molecule has 0 saturated heterocycles. The average Bonchev–Trinajstić information content (AvgIpc) is 2.63. The number of carbonyl (C=O) groups excluding carboxylic acids is 1. The first-order chi connectivity index (χ1) is 6.31. The minimum atomic E-state index is -0.175. The number of nitrogens with two attached hydrogens (primary N) is 1. The predicted octanol–water partition coefficient (Wildman–Crippen LogP) is -0.129. The molecular formula is C8H8N4O. The predicted molar refractivity (Wildman–Crippen MR) is 46.4 cm³/mol. The summed E-state index contributed by atoms with van der Waals surface area (Å²) in [5.74, 6) is 0.338. The number of aromatic nitrogens is 3. The summed E-state index contributed by atoms with van der Waals surface area (Å²) < 4.78 is 1.73. The van der Waals surface area contributed by atoms with Crippen molar-refractivity contribution in [1.82, 2.24) is 14.4 Å². The topological polar surface area (TPSA) is 73.3 Å². The van der Waals surface area contributed by atoms with E-state index in [0.29, 0.717) is 11.5 Å². The molecule has 0 aliphatic rings. The molecule has 2 aromatic heterocycles. The van der Waals surface area contributed by atoms with Crippen LogP contribution >= 0.6 is 0 Å². The summed E-state index contributed by atoms with van der Waals surface area (Å²) in [5.41, 5.74) is 5.57. The molecule has 0 unspecified atom stereocenters. The van der Waals surface area contributed by atoms with Crippen molar-refractivity contribution >= 4 is 11.6 Å². The zero-order chi connectivity index (χ0) is 9.26. The van der Waals surface area contributed by atoms with Crippen molar-refractivity contribution in [3.63, 3.8) is 0 Å². The number of hydrogen-bond donors (Lipinski definition) is 1. The standard InChI is InChI=1S/C8H8N4O/c9-5-7(13)6-1-3-12-4-2-10-8(12)11-6/h1-4H,5,9H2. The van der Waals surface area contributed by atoms with Gasteiger partial charge in [0.15, 0.2) is 5.78 Å². The van der Waals surface area contributed by atoms with Crippen LogP contribution in [0.3, 0.4) is 0 Å². The summed E-state index contributed by atoms with van der Waals surface area (Å²) >= 11 is 0.